The molecule has 0 aromatic heterocycles. The zero-order valence-electron chi connectivity index (χ0n) is 24.2. The van der Waals surface area contributed by atoms with Gasteiger partial charge in [-0.15, -0.1) is 0 Å². The molecule has 4 heterocycles. The number of cyclic esters (lactones) is 1. The maximum Gasteiger partial charge on any atom is 0.306 e. The van der Waals surface area contributed by atoms with E-state index in [9.17, 15) is 24.3 Å². The number of likely N-dealkylation sites (tertiary alicyclic amines) is 1. The fourth-order valence-corrected chi connectivity index (χ4v) is 6.69. The van der Waals surface area contributed by atoms with Crippen molar-refractivity contribution in [2.24, 2.45) is 11.8 Å². The number of allylic oxidation sites excluding steroid dienone is 1. The third kappa shape index (κ3) is 5.74. The fraction of sp³-hybridized carbons (Fsp3) is 0.562. The number of carbonyl (C=O) groups excluding carboxylic acids is 4. The highest BCUT2D eigenvalue weighted by molar-refractivity contribution is 6.00. The second kappa shape index (κ2) is 13.2. The molecular weight excluding hydrogens is 538 g/mol. The van der Waals surface area contributed by atoms with Crippen LogP contribution in [0.4, 0.5) is 0 Å². The van der Waals surface area contributed by atoms with E-state index in [2.05, 4.69) is 12.2 Å². The number of hydrogen-bond acceptors (Lipinski definition) is 7. The summed E-state index contributed by atoms with van der Waals surface area (Å²) < 4.78 is 12.0. The van der Waals surface area contributed by atoms with Crippen molar-refractivity contribution in [1.82, 2.24) is 15.1 Å². The van der Waals surface area contributed by atoms with Gasteiger partial charge in [0, 0.05) is 32.7 Å². The molecule has 5 rings (SSSR count). The van der Waals surface area contributed by atoms with Gasteiger partial charge in [0.05, 0.1) is 24.0 Å². The minimum absolute atomic E-state index is 0.0505. The number of carbonyl (C=O) groups is 4. The molecule has 0 unspecified atom stereocenters. The molecule has 4 aliphatic heterocycles. The second-order valence-electron chi connectivity index (χ2n) is 11.5. The lowest BCUT2D eigenvalue weighted by Crippen LogP contribution is -2.56. The molecule has 10 heteroatoms. The van der Waals surface area contributed by atoms with Crippen LogP contribution in [0.3, 0.4) is 0 Å². The number of unbranched alkanes of at least 4 members (excludes halogenated alkanes) is 2. The van der Waals surface area contributed by atoms with Crippen LogP contribution in [0.1, 0.15) is 57.1 Å². The molecule has 4 aliphatic rings. The summed E-state index contributed by atoms with van der Waals surface area (Å²) in [5, 5.41) is 12.6. The number of aliphatic hydroxyl groups is 1. The molecular formula is C32H41N3O7. The van der Waals surface area contributed by atoms with Crippen molar-refractivity contribution in [3.63, 3.8) is 0 Å². The predicted molar refractivity (Wildman–Crippen MR) is 154 cm³/mol. The molecule has 1 spiro atoms. The van der Waals surface area contributed by atoms with Crippen molar-refractivity contribution in [3.8, 4) is 0 Å². The average molecular weight is 580 g/mol. The highest BCUT2D eigenvalue weighted by atomic mass is 16.5. The van der Waals surface area contributed by atoms with E-state index in [4.69, 9.17) is 9.47 Å². The molecule has 6 atom stereocenters. The van der Waals surface area contributed by atoms with Gasteiger partial charge in [-0.1, -0.05) is 74.4 Å². The quantitative estimate of drug-likeness (QED) is 0.275. The van der Waals surface area contributed by atoms with Crippen LogP contribution in [-0.4, -0.2) is 89.2 Å². The molecule has 1 aromatic rings. The van der Waals surface area contributed by atoms with Gasteiger partial charge in [-0.3, -0.25) is 19.2 Å². The van der Waals surface area contributed by atoms with Crippen LogP contribution < -0.4 is 5.32 Å². The van der Waals surface area contributed by atoms with E-state index in [1.807, 2.05) is 42.5 Å². The van der Waals surface area contributed by atoms with E-state index < -0.39 is 41.5 Å². The van der Waals surface area contributed by atoms with Crippen molar-refractivity contribution in [2.75, 3.05) is 32.8 Å². The third-order valence-corrected chi connectivity index (χ3v) is 8.75. The lowest BCUT2D eigenvalue weighted by Gasteiger charge is -2.36. The highest BCUT2D eigenvalue weighted by Crippen LogP contribution is 2.55. The lowest BCUT2D eigenvalue weighted by atomic mass is 9.74. The van der Waals surface area contributed by atoms with Crippen LogP contribution in [0.25, 0.3) is 0 Å². The van der Waals surface area contributed by atoms with E-state index in [0.29, 0.717) is 25.9 Å². The molecule has 1 aromatic carbocycles. The molecule has 0 radical (unpaired) electrons. The molecule has 226 valence electrons. The molecule has 2 fully saturated rings. The first-order valence-corrected chi connectivity index (χ1v) is 15.1. The SMILES string of the molecule is CCCCCN1C/C=C\CCC(=O)OC[C@@H](c2ccccc2)NC(=O)[C@@H]2[C@@H]3C=C[C@]4(O3)[C@H](C1=O)N(CCCO)C(=O)[C@@H]24. The molecule has 0 saturated carbocycles. The summed E-state index contributed by atoms with van der Waals surface area (Å²) in [6.07, 6.45) is 10.4. The number of rotatable bonds is 8. The first-order chi connectivity index (χ1) is 20.4. The summed E-state index contributed by atoms with van der Waals surface area (Å²) in [6.45, 7) is 2.92. The summed E-state index contributed by atoms with van der Waals surface area (Å²) in [6, 6.07) is 7.68. The van der Waals surface area contributed by atoms with Gasteiger partial charge < -0.3 is 29.7 Å². The number of aliphatic hydroxyl groups excluding tert-OH is 1. The van der Waals surface area contributed by atoms with Crippen LogP contribution in [0.15, 0.2) is 54.6 Å². The molecule has 5 bridgehead atoms. The van der Waals surface area contributed by atoms with Crippen LogP contribution in [0, 0.1) is 11.8 Å². The number of nitrogens with zero attached hydrogens (tertiary/aromatic N) is 2. The zero-order valence-corrected chi connectivity index (χ0v) is 24.2. The maximum absolute atomic E-state index is 14.4. The Balaban J connectivity index is 1.52. The standard InChI is InChI=1S/C32H41N3O7/c1-2-3-9-17-34-18-10-5-8-14-25(37)41-21-23(22-12-6-4-7-13-22)33-29(38)26-24-15-16-32(42-24)27(26)30(39)35(19-11-20-36)28(32)31(34)40/h4-7,10,12-13,15-16,23-24,26-28,36H,2-3,8-9,11,14,17-21H2,1H3,(H,33,38)/b10-5-/t23-,24-,26+,27+,28-,32+/m0/s1. The number of nitrogens with one attached hydrogen (secondary N) is 1. The predicted octanol–water partition coefficient (Wildman–Crippen LogP) is 2.29. The number of ether oxygens (including phenoxy) is 2. The first kappa shape index (κ1) is 30.0. The Morgan fingerprint density at radius 2 is 1.83 bits per heavy atom. The van der Waals surface area contributed by atoms with Crippen molar-refractivity contribution in [2.45, 2.75) is 69.2 Å². The maximum atomic E-state index is 14.4. The summed E-state index contributed by atoms with van der Waals surface area (Å²) in [4.78, 5) is 58.2. The average Bonchev–Trinajstić information content (AvgIpc) is 3.64. The number of benzene rings is 1. The Morgan fingerprint density at radius 1 is 1.02 bits per heavy atom. The zero-order chi connectivity index (χ0) is 29.7. The van der Waals surface area contributed by atoms with Gasteiger partial charge in [-0.2, -0.15) is 0 Å². The van der Waals surface area contributed by atoms with Crippen molar-refractivity contribution in [3.05, 3.63) is 60.2 Å². The van der Waals surface area contributed by atoms with Crippen LogP contribution in [0.2, 0.25) is 0 Å². The molecule has 42 heavy (non-hydrogen) atoms. The smallest absolute Gasteiger partial charge is 0.306 e. The molecule has 2 saturated heterocycles. The minimum Gasteiger partial charge on any atom is -0.463 e. The molecule has 0 aliphatic carbocycles. The Kier molecular flexibility index (Phi) is 9.43. The number of amides is 3. The molecule has 10 nitrogen and oxygen atoms in total. The summed E-state index contributed by atoms with van der Waals surface area (Å²) in [5.41, 5.74) is -0.505. The second-order valence-corrected chi connectivity index (χ2v) is 11.5. The van der Waals surface area contributed by atoms with Gasteiger partial charge in [-0.05, 0) is 24.8 Å². The van der Waals surface area contributed by atoms with E-state index in [1.165, 1.54) is 4.90 Å². The van der Waals surface area contributed by atoms with Crippen LogP contribution >= 0.6 is 0 Å². The topological polar surface area (TPSA) is 125 Å². The van der Waals surface area contributed by atoms with Gasteiger partial charge in [0.15, 0.2) is 0 Å². The van der Waals surface area contributed by atoms with E-state index >= 15 is 0 Å². The van der Waals surface area contributed by atoms with Gasteiger partial charge in [0.1, 0.15) is 18.2 Å². The third-order valence-electron chi connectivity index (χ3n) is 8.75. The summed E-state index contributed by atoms with van der Waals surface area (Å²) >= 11 is 0. The monoisotopic (exact) mass is 579 g/mol. The first-order valence-electron chi connectivity index (χ1n) is 15.1. The van der Waals surface area contributed by atoms with Crippen molar-refractivity contribution in [1.29, 1.82) is 0 Å². The highest BCUT2D eigenvalue weighted by Gasteiger charge is 2.73. The normalized spacial score (nSPS) is 32.2. The summed E-state index contributed by atoms with van der Waals surface area (Å²) in [7, 11) is 0. The fourth-order valence-electron chi connectivity index (χ4n) is 6.69. The number of hydrogen-bond donors (Lipinski definition) is 2. The van der Waals surface area contributed by atoms with E-state index in [1.54, 1.807) is 17.1 Å². The van der Waals surface area contributed by atoms with Crippen molar-refractivity contribution >= 4 is 23.7 Å². The lowest BCUT2D eigenvalue weighted by molar-refractivity contribution is -0.148. The number of esters is 1. The van der Waals surface area contributed by atoms with Crippen LogP contribution in [0.5, 0.6) is 0 Å². The van der Waals surface area contributed by atoms with Gasteiger partial charge in [0.25, 0.3) is 0 Å². The minimum atomic E-state index is -1.27. The van der Waals surface area contributed by atoms with Crippen LogP contribution in [-0.2, 0) is 28.7 Å². The number of fused-ring (bicyclic) bond motifs is 2. The Hall–Kier alpha value is -3.50. The van der Waals surface area contributed by atoms with Gasteiger partial charge in [0.2, 0.25) is 17.7 Å². The Bertz CT molecular complexity index is 1220. The van der Waals surface area contributed by atoms with Gasteiger partial charge in [-0.25, -0.2) is 0 Å². The van der Waals surface area contributed by atoms with E-state index in [0.717, 1.165) is 24.8 Å². The Morgan fingerprint density at radius 3 is 2.60 bits per heavy atom. The van der Waals surface area contributed by atoms with Crippen molar-refractivity contribution < 1.29 is 33.8 Å². The Labute approximate surface area is 246 Å². The van der Waals surface area contributed by atoms with E-state index in [-0.39, 0.29) is 44.0 Å². The van der Waals surface area contributed by atoms with Gasteiger partial charge >= 0.3 is 5.97 Å². The summed E-state index contributed by atoms with van der Waals surface area (Å²) in [5.74, 6) is -3.07. The largest absolute Gasteiger partial charge is 0.463 e. The molecule has 2 N–H and O–H groups in total. The molecule has 3 amide bonds.